The van der Waals surface area contributed by atoms with Gasteiger partial charge in [0, 0.05) is 12.3 Å². The monoisotopic (exact) mass is 106 g/mol. The van der Waals surface area contributed by atoms with Crippen molar-refractivity contribution in [2.24, 2.45) is 0 Å². The van der Waals surface area contributed by atoms with Gasteiger partial charge < -0.3 is 5.11 Å². The fourth-order valence-corrected chi connectivity index (χ4v) is 0.327. The zero-order chi connectivity index (χ0) is 4.99. The Kier molecular flexibility index (Phi) is 2.95. The standard InChI is InChI=1S/C4H7ClO/c1-4(6)2-3-5/h6H,1-3H2. The van der Waals surface area contributed by atoms with Gasteiger partial charge in [0.25, 0.3) is 0 Å². The fraction of sp³-hybridized carbons (Fsp3) is 0.500. The highest BCUT2D eigenvalue weighted by Crippen LogP contribution is 1.91. The molecule has 0 aromatic heterocycles. The van der Waals surface area contributed by atoms with Crippen LogP contribution in [0.5, 0.6) is 0 Å². The van der Waals surface area contributed by atoms with Crippen molar-refractivity contribution in [3.8, 4) is 0 Å². The Labute approximate surface area is 42.2 Å². The fourth-order valence-electron chi connectivity index (χ4n) is 0.109. The summed E-state index contributed by atoms with van der Waals surface area (Å²) in [6, 6.07) is 0. The molecule has 0 aliphatic carbocycles. The maximum absolute atomic E-state index is 8.27. The van der Waals surface area contributed by atoms with E-state index in [1.54, 1.807) is 0 Å². The summed E-state index contributed by atoms with van der Waals surface area (Å²) in [5, 5.41) is 8.27. The van der Waals surface area contributed by atoms with E-state index in [9.17, 15) is 0 Å². The van der Waals surface area contributed by atoms with Crippen LogP contribution in [-0.4, -0.2) is 11.0 Å². The second-order valence-corrected chi connectivity index (χ2v) is 1.38. The quantitative estimate of drug-likeness (QED) is 0.420. The van der Waals surface area contributed by atoms with Crippen molar-refractivity contribution in [2.45, 2.75) is 6.42 Å². The van der Waals surface area contributed by atoms with Gasteiger partial charge in [-0.25, -0.2) is 0 Å². The molecule has 0 aliphatic heterocycles. The lowest BCUT2D eigenvalue weighted by atomic mass is 10.4. The number of allylic oxidation sites excluding steroid dienone is 1. The second-order valence-electron chi connectivity index (χ2n) is 1.01. The first kappa shape index (κ1) is 5.83. The van der Waals surface area contributed by atoms with Crippen LogP contribution in [0.15, 0.2) is 12.3 Å². The molecule has 0 saturated carbocycles. The van der Waals surface area contributed by atoms with Crippen LogP contribution < -0.4 is 0 Å². The molecule has 0 spiro atoms. The van der Waals surface area contributed by atoms with Gasteiger partial charge in [0.05, 0.1) is 5.76 Å². The van der Waals surface area contributed by atoms with Crippen LogP contribution in [0.3, 0.4) is 0 Å². The number of aliphatic hydroxyl groups is 1. The van der Waals surface area contributed by atoms with Crippen LogP contribution in [0, 0.1) is 0 Å². The molecule has 2 heteroatoms. The van der Waals surface area contributed by atoms with Gasteiger partial charge in [0.2, 0.25) is 0 Å². The summed E-state index contributed by atoms with van der Waals surface area (Å²) in [5.74, 6) is 0.611. The molecule has 0 heterocycles. The maximum atomic E-state index is 8.27. The van der Waals surface area contributed by atoms with Crippen molar-refractivity contribution in [1.29, 1.82) is 0 Å². The molecule has 36 valence electrons. The van der Waals surface area contributed by atoms with E-state index in [0.717, 1.165) is 0 Å². The van der Waals surface area contributed by atoms with Crippen LogP contribution in [0.4, 0.5) is 0 Å². The average Bonchev–Trinajstić information content (AvgIpc) is 1.35. The Morgan fingerprint density at radius 1 is 1.83 bits per heavy atom. The van der Waals surface area contributed by atoms with Crippen molar-refractivity contribution >= 4 is 11.6 Å². The van der Waals surface area contributed by atoms with Crippen LogP contribution in [0.2, 0.25) is 0 Å². The lowest BCUT2D eigenvalue weighted by Crippen LogP contribution is -1.76. The predicted octanol–water partition coefficient (Wildman–Crippen LogP) is 1.69. The van der Waals surface area contributed by atoms with Gasteiger partial charge in [0.1, 0.15) is 0 Å². The highest BCUT2D eigenvalue weighted by Gasteiger charge is 1.80. The average molecular weight is 107 g/mol. The number of rotatable bonds is 2. The molecular formula is C4H7ClO. The van der Waals surface area contributed by atoms with Crippen molar-refractivity contribution in [2.75, 3.05) is 5.88 Å². The Morgan fingerprint density at radius 3 is 2.33 bits per heavy atom. The summed E-state index contributed by atoms with van der Waals surface area (Å²) in [7, 11) is 0. The maximum Gasteiger partial charge on any atom is 0.0862 e. The third kappa shape index (κ3) is 3.83. The summed E-state index contributed by atoms with van der Waals surface area (Å²) in [4.78, 5) is 0. The van der Waals surface area contributed by atoms with Gasteiger partial charge in [0.15, 0.2) is 0 Å². The van der Waals surface area contributed by atoms with E-state index in [1.165, 1.54) is 0 Å². The largest absolute Gasteiger partial charge is 0.513 e. The highest BCUT2D eigenvalue weighted by molar-refractivity contribution is 6.17. The van der Waals surface area contributed by atoms with Crippen LogP contribution in [0.1, 0.15) is 6.42 Å². The summed E-state index contributed by atoms with van der Waals surface area (Å²) in [5.41, 5.74) is 0. The SMILES string of the molecule is C=C(O)CCCl. The molecule has 0 aromatic rings. The zero-order valence-corrected chi connectivity index (χ0v) is 4.20. The lowest BCUT2D eigenvalue weighted by Gasteiger charge is -1.85. The van der Waals surface area contributed by atoms with Gasteiger partial charge >= 0.3 is 0 Å². The molecule has 0 amide bonds. The molecule has 6 heavy (non-hydrogen) atoms. The molecule has 0 bridgehead atoms. The van der Waals surface area contributed by atoms with E-state index in [2.05, 4.69) is 6.58 Å². The first-order chi connectivity index (χ1) is 2.77. The van der Waals surface area contributed by atoms with Crippen LogP contribution in [0.25, 0.3) is 0 Å². The number of alkyl halides is 1. The van der Waals surface area contributed by atoms with Crippen molar-refractivity contribution < 1.29 is 5.11 Å². The molecule has 1 N–H and O–H groups in total. The van der Waals surface area contributed by atoms with Crippen molar-refractivity contribution in [1.82, 2.24) is 0 Å². The first-order valence-electron chi connectivity index (χ1n) is 1.70. The molecule has 0 atom stereocenters. The Balaban J connectivity index is 2.83. The first-order valence-corrected chi connectivity index (χ1v) is 2.23. The van der Waals surface area contributed by atoms with E-state index < -0.39 is 0 Å². The smallest absolute Gasteiger partial charge is 0.0862 e. The topological polar surface area (TPSA) is 20.2 Å². The zero-order valence-electron chi connectivity index (χ0n) is 3.45. The van der Waals surface area contributed by atoms with Crippen molar-refractivity contribution in [3.05, 3.63) is 12.3 Å². The van der Waals surface area contributed by atoms with E-state index >= 15 is 0 Å². The Hall–Kier alpha value is -0.170. The third-order valence-corrected chi connectivity index (χ3v) is 0.572. The Morgan fingerprint density at radius 2 is 2.33 bits per heavy atom. The van der Waals surface area contributed by atoms with Gasteiger partial charge in [-0.05, 0) is 0 Å². The van der Waals surface area contributed by atoms with Gasteiger partial charge in [-0.3, -0.25) is 0 Å². The minimum atomic E-state index is 0.157. The third-order valence-electron chi connectivity index (χ3n) is 0.383. The normalized spacial score (nSPS) is 8.17. The predicted molar refractivity (Wildman–Crippen MR) is 27.1 cm³/mol. The molecular weight excluding hydrogens is 99.5 g/mol. The highest BCUT2D eigenvalue weighted by atomic mass is 35.5. The summed E-state index contributed by atoms with van der Waals surface area (Å²) < 4.78 is 0. The summed E-state index contributed by atoms with van der Waals surface area (Å²) in [6.45, 7) is 3.22. The molecule has 0 radical (unpaired) electrons. The molecule has 1 nitrogen and oxygen atoms in total. The molecule has 0 aromatic carbocycles. The number of halogens is 1. The second kappa shape index (κ2) is 3.04. The Bertz CT molecular complexity index is 51.5. The van der Waals surface area contributed by atoms with E-state index in [1.807, 2.05) is 0 Å². The van der Waals surface area contributed by atoms with Gasteiger partial charge in [-0.2, -0.15) is 0 Å². The number of hydrogen-bond donors (Lipinski definition) is 1. The van der Waals surface area contributed by atoms with E-state index in [0.29, 0.717) is 12.3 Å². The molecule has 0 unspecified atom stereocenters. The molecule has 0 fully saturated rings. The molecule has 0 rings (SSSR count). The van der Waals surface area contributed by atoms with E-state index in [4.69, 9.17) is 16.7 Å². The molecule has 0 saturated heterocycles. The van der Waals surface area contributed by atoms with Gasteiger partial charge in [-0.15, -0.1) is 11.6 Å². The minimum absolute atomic E-state index is 0.157. The number of hydrogen-bond acceptors (Lipinski definition) is 1. The number of aliphatic hydroxyl groups excluding tert-OH is 1. The summed E-state index contributed by atoms with van der Waals surface area (Å²) in [6.07, 6.45) is 0.502. The minimum Gasteiger partial charge on any atom is -0.513 e. The van der Waals surface area contributed by atoms with Crippen LogP contribution in [-0.2, 0) is 0 Å². The summed E-state index contributed by atoms with van der Waals surface area (Å²) >= 11 is 5.18. The van der Waals surface area contributed by atoms with Crippen molar-refractivity contribution in [3.63, 3.8) is 0 Å². The lowest BCUT2D eigenvalue weighted by molar-refractivity contribution is 0.398. The van der Waals surface area contributed by atoms with E-state index in [-0.39, 0.29) is 5.76 Å². The molecule has 0 aliphatic rings. The van der Waals surface area contributed by atoms with Crippen LogP contribution >= 0.6 is 11.6 Å². The van der Waals surface area contributed by atoms with Gasteiger partial charge in [-0.1, -0.05) is 6.58 Å².